The molecular weight excluding hydrogens is 459 g/mol. The van der Waals surface area contributed by atoms with Crippen LogP contribution in [0.5, 0.6) is 0 Å². The molecule has 3 aromatic rings. The van der Waals surface area contributed by atoms with Crippen LogP contribution in [-0.4, -0.2) is 56.4 Å². The summed E-state index contributed by atoms with van der Waals surface area (Å²) in [6, 6.07) is 9.57. The first-order chi connectivity index (χ1) is 17.4. The lowest BCUT2D eigenvalue weighted by atomic mass is 9.98. The predicted molar refractivity (Wildman–Crippen MR) is 136 cm³/mol. The number of carbonyl (C=O) groups is 1. The van der Waals surface area contributed by atoms with E-state index >= 15 is 0 Å². The Morgan fingerprint density at radius 2 is 1.86 bits per heavy atom. The molecule has 0 spiro atoms. The fraction of sp³-hybridized carbons (Fsp3) is 0.407. The number of hydrogen-bond acceptors (Lipinski definition) is 6. The third-order valence-corrected chi connectivity index (χ3v) is 7.07. The van der Waals surface area contributed by atoms with Crippen molar-refractivity contribution in [3.05, 3.63) is 75.2 Å². The zero-order chi connectivity index (χ0) is 25.2. The molecule has 0 bridgehead atoms. The number of nitrogens with two attached hydrogens (primary N) is 1. The van der Waals surface area contributed by atoms with Gasteiger partial charge in [0.15, 0.2) is 0 Å². The monoisotopic (exact) mass is 490 g/mol. The molecule has 8 nitrogen and oxygen atoms in total. The van der Waals surface area contributed by atoms with Crippen molar-refractivity contribution in [1.29, 1.82) is 0 Å². The molecule has 1 fully saturated rings. The number of benzene rings is 1. The van der Waals surface area contributed by atoms with Gasteiger partial charge in [-0.15, -0.1) is 0 Å². The highest BCUT2D eigenvalue weighted by Gasteiger charge is 2.27. The summed E-state index contributed by atoms with van der Waals surface area (Å²) in [7, 11) is 0. The van der Waals surface area contributed by atoms with Gasteiger partial charge >= 0.3 is 0 Å². The molecule has 9 heteroatoms. The average Bonchev–Trinajstić information content (AvgIpc) is 2.87. The van der Waals surface area contributed by atoms with Gasteiger partial charge in [-0.05, 0) is 68.2 Å². The van der Waals surface area contributed by atoms with Crippen LogP contribution in [0.1, 0.15) is 46.7 Å². The van der Waals surface area contributed by atoms with Gasteiger partial charge in [-0.2, -0.15) is 0 Å². The maximum absolute atomic E-state index is 14.0. The number of piperidine rings is 1. The Hall–Kier alpha value is -3.59. The first-order valence-electron chi connectivity index (χ1n) is 12.5. The highest BCUT2D eigenvalue weighted by molar-refractivity contribution is 5.92. The quantitative estimate of drug-likeness (QED) is 0.591. The number of hydrogen-bond donors (Lipinski definition) is 1. The van der Waals surface area contributed by atoms with Crippen LogP contribution in [0.4, 0.5) is 10.3 Å². The molecule has 4 heterocycles. The minimum Gasteiger partial charge on any atom is -0.368 e. The second-order valence-electron chi connectivity index (χ2n) is 9.63. The Labute approximate surface area is 209 Å². The van der Waals surface area contributed by atoms with Crippen LogP contribution in [0.25, 0.3) is 11.1 Å². The first kappa shape index (κ1) is 24.1. The third kappa shape index (κ3) is 5.02. The maximum Gasteiger partial charge on any atom is 0.272 e. The summed E-state index contributed by atoms with van der Waals surface area (Å²) in [6.07, 6.45) is 4.17. The second-order valence-corrected chi connectivity index (χ2v) is 9.63. The smallest absolute Gasteiger partial charge is 0.272 e. The molecule has 1 amide bonds. The lowest BCUT2D eigenvalue weighted by molar-refractivity contribution is 0.0725. The lowest BCUT2D eigenvalue weighted by Crippen LogP contribution is -2.41. The summed E-state index contributed by atoms with van der Waals surface area (Å²) in [4.78, 5) is 39.2. The van der Waals surface area contributed by atoms with Crippen molar-refractivity contribution < 1.29 is 9.18 Å². The van der Waals surface area contributed by atoms with Crippen LogP contribution in [0.2, 0.25) is 0 Å². The number of nitrogen functional groups attached to an aromatic ring is 1. The number of carbonyl (C=O) groups excluding carboxylic acids is 1. The van der Waals surface area contributed by atoms with Crippen molar-refractivity contribution >= 4 is 11.9 Å². The van der Waals surface area contributed by atoms with E-state index in [-0.39, 0.29) is 23.1 Å². The number of fused-ring (bicyclic) bond motifs is 1. The molecule has 0 saturated carbocycles. The molecule has 188 valence electrons. The summed E-state index contributed by atoms with van der Waals surface area (Å²) in [6.45, 7) is 6.03. The predicted octanol–water partition coefficient (Wildman–Crippen LogP) is 3.02. The molecule has 0 atom stereocenters. The van der Waals surface area contributed by atoms with Gasteiger partial charge < -0.3 is 20.1 Å². The highest BCUT2D eigenvalue weighted by Crippen LogP contribution is 2.25. The van der Waals surface area contributed by atoms with E-state index < -0.39 is 5.82 Å². The fourth-order valence-electron chi connectivity index (χ4n) is 5.28. The largest absolute Gasteiger partial charge is 0.368 e. The van der Waals surface area contributed by atoms with E-state index in [0.717, 1.165) is 30.9 Å². The number of halogens is 1. The SMILES string of the molecule is Cc1cc(C(=O)N2CCc3c(cc(-c4cccc(F)c4)c(=O)n3CCN3CCCCC3)C2)nc(N)n1. The zero-order valence-corrected chi connectivity index (χ0v) is 20.5. The molecule has 5 rings (SSSR count). The van der Waals surface area contributed by atoms with E-state index in [1.807, 2.05) is 10.6 Å². The van der Waals surface area contributed by atoms with Gasteiger partial charge in [-0.1, -0.05) is 18.6 Å². The number of aryl methyl sites for hydroxylation is 1. The van der Waals surface area contributed by atoms with Crippen molar-refractivity contribution in [2.45, 2.75) is 45.7 Å². The van der Waals surface area contributed by atoms with E-state index in [1.165, 1.54) is 31.4 Å². The van der Waals surface area contributed by atoms with Crippen molar-refractivity contribution in [2.24, 2.45) is 0 Å². The van der Waals surface area contributed by atoms with Crippen molar-refractivity contribution in [1.82, 2.24) is 24.3 Å². The number of anilines is 1. The topological polar surface area (TPSA) is 97.4 Å². The van der Waals surface area contributed by atoms with Gasteiger partial charge in [0.1, 0.15) is 11.5 Å². The van der Waals surface area contributed by atoms with Gasteiger partial charge in [0.25, 0.3) is 11.5 Å². The Bertz CT molecular complexity index is 1330. The van der Waals surface area contributed by atoms with Gasteiger partial charge in [0.05, 0.1) is 0 Å². The molecule has 2 N–H and O–H groups in total. The second kappa shape index (κ2) is 10.2. The molecule has 2 aliphatic rings. The summed E-state index contributed by atoms with van der Waals surface area (Å²) >= 11 is 0. The van der Waals surface area contributed by atoms with Crippen molar-refractivity contribution in [2.75, 3.05) is 31.9 Å². The Morgan fingerprint density at radius 3 is 2.61 bits per heavy atom. The molecule has 0 radical (unpaired) electrons. The first-order valence-corrected chi connectivity index (χ1v) is 12.5. The van der Waals surface area contributed by atoms with Gasteiger partial charge in [0, 0.05) is 49.6 Å². The molecule has 0 aliphatic carbocycles. The normalized spacial score (nSPS) is 16.1. The number of likely N-dealkylation sites (tertiary alicyclic amines) is 1. The van der Waals surface area contributed by atoms with Crippen LogP contribution in [-0.2, 0) is 19.5 Å². The van der Waals surface area contributed by atoms with Crippen molar-refractivity contribution in [3.63, 3.8) is 0 Å². The number of pyridine rings is 1. The van der Waals surface area contributed by atoms with E-state index in [4.69, 9.17) is 5.73 Å². The maximum atomic E-state index is 14.0. The molecule has 2 aliphatic heterocycles. The van der Waals surface area contributed by atoms with Crippen LogP contribution in [0, 0.1) is 12.7 Å². The fourth-order valence-corrected chi connectivity index (χ4v) is 5.28. The van der Waals surface area contributed by atoms with Crippen molar-refractivity contribution in [3.8, 4) is 11.1 Å². The summed E-state index contributed by atoms with van der Waals surface area (Å²) in [5.41, 5.74) is 9.36. The zero-order valence-electron chi connectivity index (χ0n) is 20.5. The standard InChI is InChI=1S/C27H31FN6O2/c1-18-14-23(31-27(29)30-18)26(36)33-11-8-24-20(17-33)16-22(19-6-5-7-21(28)15-19)25(35)34(24)13-12-32-9-3-2-4-10-32/h5-7,14-16H,2-4,8-13,17H2,1H3,(H2,29,30,31). The number of amides is 1. The van der Waals surface area contributed by atoms with Crippen LogP contribution in [0.3, 0.4) is 0 Å². The molecule has 36 heavy (non-hydrogen) atoms. The number of nitrogens with zero attached hydrogens (tertiary/aromatic N) is 5. The summed E-state index contributed by atoms with van der Waals surface area (Å²) in [5, 5.41) is 0. The van der Waals surface area contributed by atoms with Gasteiger partial charge in [-0.25, -0.2) is 14.4 Å². The van der Waals surface area contributed by atoms with Crippen LogP contribution >= 0.6 is 0 Å². The lowest BCUT2D eigenvalue weighted by Gasteiger charge is -2.32. The van der Waals surface area contributed by atoms with Crippen LogP contribution in [0.15, 0.2) is 41.2 Å². The van der Waals surface area contributed by atoms with Gasteiger partial charge in [0.2, 0.25) is 5.95 Å². The molecule has 0 unspecified atom stereocenters. The molecule has 1 aromatic carbocycles. The summed E-state index contributed by atoms with van der Waals surface area (Å²) in [5.74, 6) is -0.551. The van der Waals surface area contributed by atoms with E-state index in [9.17, 15) is 14.0 Å². The molecule has 2 aromatic heterocycles. The van der Waals surface area contributed by atoms with E-state index in [1.54, 1.807) is 30.0 Å². The van der Waals surface area contributed by atoms with E-state index in [0.29, 0.717) is 42.9 Å². The minimum atomic E-state index is -0.391. The third-order valence-electron chi connectivity index (χ3n) is 7.07. The average molecular weight is 491 g/mol. The summed E-state index contributed by atoms with van der Waals surface area (Å²) < 4.78 is 15.9. The number of rotatable bonds is 5. The molecular formula is C27H31FN6O2. The number of aromatic nitrogens is 3. The molecule has 1 saturated heterocycles. The minimum absolute atomic E-state index is 0.0655. The van der Waals surface area contributed by atoms with E-state index in [2.05, 4.69) is 14.9 Å². The van der Waals surface area contributed by atoms with Gasteiger partial charge in [-0.3, -0.25) is 9.59 Å². The Balaban J connectivity index is 1.50. The Morgan fingerprint density at radius 1 is 1.06 bits per heavy atom. The van der Waals surface area contributed by atoms with Crippen LogP contribution < -0.4 is 11.3 Å². The Kier molecular flexibility index (Phi) is 6.82. The highest BCUT2D eigenvalue weighted by atomic mass is 19.1.